The third kappa shape index (κ3) is 3.26. The fourth-order valence-corrected chi connectivity index (χ4v) is 3.43. The minimum Gasteiger partial charge on any atom is -0.368 e. The normalized spacial score (nSPS) is 15.7. The lowest BCUT2D eigenvalue weighted by atomic mass is 10.1. The van der Waals surface area contributed by atoms with Crippen LogP contribution in [0.25, 0.3) is 10.9 Å². The number of para-hydroxylation sites is 1. The van der Waals surface area contributed by atoms with Gasteiger partial charge in [-0.2, -0.15) is 4.98 Å². The fourth-order valence-electron chi connectivity index (χ4n) is 3.43. The van der Waals surface area contributed by atoms with E-state index in [-0.39, 0.29) is 5.82 Å². The smallest absolute Gasteiger partial charge is 0.226 e. The van der Waals surface area contributed by atoms with Crippen molar-refractivity contribution in [3.05, 3.63) is 47.5 Å². The maximum Gasteiger partial charge on any atom is 0.226 e. The number of rotatable bonds is 4. The average Bonchev–Trinajstić information content (AvgIpc) is 3.10. The van der Waals surface area contributed by atoms with E-state index in [9.17, 15) is 4.39 Å². The largest absolute Gasteiger partial charge is 0.368 e. The number of halogens is 1. The van der Waals surface area contributed by atoms with Crippen molar-refractivity contribution in [2.75, 3.05) is 31.1 Å². The molecule has 0 spiro atoms. The molecule has 0 bridgehead atoms. The Morgan fingerprint density at radius 3 is 2.69 bits per heavy atom. The second-order valence-corrected chi connectivity index (χ2v) is 6.64. The SMILES string of the molecule is CCc1nc(CN2CCN(c3cc(C)nc4c(F)cccc34)CC2)no1. The summed E-state index contributed by atoms with van der Waals surface area (Å²) in [7, 11) is 0. The molecular weight excluding hydrogens is 333 g/mol. The molecule has 0 radical (unpaired) electrons. The first-order chi connectivity index (χ1) is 12.6. The van der Waals surface area contributed by atoms with Crippen molar-refractivity contribution in [1.82, 2.24) is 20.0 Å². The van der Waals surface area contributed by atoms with Gasteiger partial charge in [-0.15, -0.1) is 0 Å². The quantitative estimate of drug-likeness (QED) is 0.717. The second-order valence-electron chi connectivity index (χ2n) is 6.64. The summed E-state index contributed by atoms with van der Waals surface area (Å²) < 4.78 is 19.3. The maximum atomic E-state index is 14.1. The van der Waals surface area contributed by atoms with E-state index >= 15 is 0 Å². The van der Waals surface area contributed by atoms with E-state index in [1.54, 1.807) is 6.07 Å². The Hall–Kier alpha value is -2.54. The standard InChI is InChI=1S/C19H22FN5O/c1-3-18-22-17(23-26-18)12-24-7-9-25(10-8-24)16-11-13(2)21-19-14(16)5-4-6-15(19)20/h4-6,11H,3,7-10,12H2,1-2H3. The molecule has 0 N–H and O–H groups in total. The van der Waals surface area contributed by atoms with Gasteiger partial charge >= 0.3 is 0 Å². The Bertz CT molecular complexity index is 917. The second kappa shape index (κ2) is 6.99. The van der Waals surface area contributed by atoms with Crippen molar-refractivity contribution in [3.8, 4) is 0 Å². The zero-order chi connectivity index (χ0) is 18.1. The van der Waals surface area contributed by atoms with Crippen LogP contribution in [-0.2, 0) is 13.0 Å². The van der Waals surface area contributed by atoms with Crippen LogP contribution in [0, 0.1) is 12.7 Å². The Morgan fingerprint density at radius 2 is 1.96 bits per heavy atom. The summed E-state index contributed by atoms with van der Waals surface area (Å²) in [4.78, 5) is 13.4. The van der Waals surface area contributed by atoms with Gasteiger partial charge in [0, 0.05) is 49.4 Å². The van der Waals surface area contributed by atoms with Gasteiger partial charge in [-0.25, -0.2) is 9.37 Å². The number of pyridine rings is 1. The molecule has 4 rings (SSSR count). The van der Waals surface area contributed by atoms with Crippen molar-refractivity contribution in [1.29, 1.82) is 0 Å². The number of anilines is 1. The van der Waals surface area contributed by atoms with Crippen LogP contribution < -0.4 is 4.90 Å². The van der Waals surface area contributed by atoms with Crippen LogP contribution in [-0.4, -0.2) is 46.2 Å². The Balaban J connectivity index is 1.49. The van der Waals surface area contributed by atoms with Crippen molar-refractivity contribution in [3.63, 3.8) is 0 Å². The monoisotopic (exact) mass is 355 g/mol. The number of fused-ring (bicyclic) bond motifs is 1. The predicted octanol–water partition coefficient (Wildman–Crippen LogP) is 2.95. The summed E-state index contributed by atoms with van der Waals surface area (Å²) in [5.74, 6) is 1.15. The molecule has 6 nitrogen and oxygen atoms in total. The van der Waals surface area contributed by atoms with Crippen molar-refractivity contribution in [2.45, 2.75) is 26.8 Å². The summed E-state index contributed by atoms with van der Waals surface area (Å²) >= 11 is 0. The van der Waals surface area contributed by atoms with Crippen LogP contribution in [0.1, 0.15) is 24.3 Å². The van der Waals surface area contributed by atoms with E-state index in [1.165, 1.54) is 6.07 Å². The summed E-state index contributed by atoms with van der Waals surface area (Å²) in [5.41, 5.74) is 2.34. The Labute approximate surface area is 151 Å². The number of hydrogen-bond donors (Lipinski definition) is 0. The molecule has 1 aliphatic heterocycles. The number of piperazine rings is 1. The molecular formula is C19H22FN5O. The van der Waals surface area contributed by atoms with Crippen molar-refractivity contribution >= 4 is 16.6 Å². The highest BCUT2D eigenvalue weighted by Gasteiger charge is 2.21. The van der Waals surface area contributed by atoms with Gasteiger partial charge in [0.2, 0.25) is 5.89 Å². The first-order valence-corrected chi connectivity index (χ1v) is 8.98. The minimum atomic E-state index is -0.269. The average molecular weight is 355 g/mol. The summed E-state index contributed by atoms with van der Waals surface area (Å²) in [6, 6.07) is 7.20. The van der Waals surface area contributed by atoms with E-state index in [4.69, 9.17) is 4.52 Å². The summed E-state index contributed by atoms with van der Waals surface area (Å²) in [6.07, 6.45) is 0.756. The lowest BCUT2D eigenvalue weighted by Gasteiger charge is -2.36. The molecule has 1 saturated heterocycles. The maximum absolute atomic E-state index is 14.1. The van der Waals surface area contributed by atoms with Gasteiger partial charge < -0.3 is 9.42 Å². The highest BCUT2D eigenvalue weighted by Crippen LogP contribution is 2.29. The first-order valence-electron chi connectivity index (χ1n) is 8.98. The van der Waals surface area contributed by atoms with E-state index < -0.39 is 0 Å². The van der Waals surface area contributed by atoms with Gasteiger partial charge in [0.05, 0.1) is 6.54 Å². The molecule has 0 amide bonds. The number of hydrogen-bond acceptors (Lipinski definition) is 6. The zero-order valence-corrected chi connectivity index (χ0v) is 15.1. The molecule has 2 aromatic heterocycles. The summed E-state index contributed by atoms with van der Waals surface area (Å²) in [5, 5.41) is 4.90. The number of aryl methyl sites for hydroxylation is 2. The van der Waals surface area contributed by atoms with Gasteiger partial charge in [0.1, 0.15) is 11.3 Å². The van der Waals surface area contributed by atoms with E-state index in [0.29, 0.717) is 18.0 Å². The van der Waals surface area contributed by atoms with E-state index in [0.717, 1.165) is 55.2 Å². The third-order valence-electron chi connectivity index (χ3n) is 4.79. The summed E-state index contributed by atoms with van der Waals surface area (Å²) in [6.45, 7) is 8.14. The third-order valence-corrected chi connectivity index (χ3v) is 4.79. The molecule has 3 aromatic rings. The molecule has 0 atom stereocenters. The molecule has 1 fully saturated rings. The molecule has 136 valence electrons. The van der Waals surface area contributed by atoms with E-state index in [2.05, 4.69) is 24.9 Å². The van der Waals surface area contributed by atoms with Crippen molar-refractivity contribution < 1.29 is 8.91 Å². The zero-order valence-electron chi connectivity index (χ0n) is 15.1. The number of aromatic nitrogens is 3. The predicted molar refractivity (Wildman–Crippen MR) is 97.6 cm³/mol. The van der Waals surface area contributed by atoms with E-state index in [1.807, 2.05) is 26.0 Å². The lowest BCUT2D eigenvalue weighted by molar-refractivity contribution is 0.240. The van der Waals surface area contributed by atoms with Crippen LogP contribution in [0.3, 0.4) is 0 Å². The highest BCUT2D eigenvalue weighted by molar-refractivity contribution is 5.92. The van der Waals surface area contributed by atoms with Crippen molar-refractivity contribution in [2.24, 2.45) is 0 Å². The lowest BCUT2D eigenvalue weighted by Crippen LogP contribution is -2.46. The molecule has 26 heavy (non-hydrogen) atoms. The van der Waals surface area contributed by atoms with Crippen LogP contribution in [0.2, 0.25) is 0 Å². The van der Waals surface area contributed by atoms with Gasteiger partial charge in [-0.05, 0) is 19.1 Å². The molecule has 7 heteroatoms. The van der Waals surface area contributed by atoms with Gasteiger partial charge in [0.25, 0.3) is 0 Å². The van der Waals surface area contributed by atoms with Gasteiger partial charge in [0.15, 0.2) is 5.82 Å². The molecule has 0 unspecified atom stereocenters. The molecule has 1 aromatic carbocycles. The Kier molecular flexibility index (Phi) is 4.55. The molecule has 0 saturated carbocycles. The van der Waals surface area contributed by atoms with Crippen LogP contribution in [0.15, 0.2) is 28.8 Å². The molecule has 1 aliphatic rings. The Morgan fingerprint density at radius 1 is 1.15 bits per heavy atom. The number of nitrogens with zero attached hydrogens (tertiary/aromatic N) is 5. The minimum absolute atomic E-state index is 0.269. The highest BCUT2D eigenvalue weighted by atomic mass is 19.1. The molecule has 0 aliphatic carbocycles. The molecule has 3 heterocycles. The van der Waals surface area contributed by atoms with Gasteiger partial charge in [-0.1, -0.05) is 24.2 Å². The van der Waals surface area contributed by atoms with Crippen LogP contribution >= 0.6 is 0 Å². The van der Waals surface area contributed by atoms with Crippen LogP contribution in [0.5, 0.6) is 0 Å². The topological polar surface area (TPSA) is 58.3 Å². The fraction of sp³-hybridized carbons (Fsp3) is 0.421. The first kappa shape index (κ1) is 16.9. The van der Waals surface area contributed by atoms with Gasteiger partial charge in [-0.3, -0.25) is 4.90 Å². The number of benzene rings is 1. The van der Waals surface area contributed by atoms with Crippen LogP contribution in [0.4, 0.5) is 10.1 Å².